The molecule has 0 saturated carbocycles. The molecule has 1 aromatic rings. The molecular formula is C30H54O. The van der Waals surface area contributed by atoms with E-state index in [2.05, 4.69) is 38.1 Å². The monoisotopic (exact) mass is 430 g/mol. The molecule has 1 rings (SSSR count). The van der Waals surface area contributed by atoms with Crippen molar-refractivity contribution in [3.63, 3.8) is 0 Å². The third kappa shape index (κ3) is 17.3. The number of aryl methyl sites for hydroxylation is 1. The Balaban J connectivity index is 1.88. The molecule has 0 saturated heterocycles. The molecule has 0 heterocycles. The minimum absolute atomic E-state index is 0.879. The molecule has 0 bridgehead atoms. The highest BCUT2D eigenvalue weighted by Gasteiger charge is 2.03. The number of hydrogen-bond acceptors (Lipinski definition) is 1. The minimum atomic E-state index is 0.879. The van der Waals surface area contributed by atoms with Gasteiger partial charge in [-0.1, -0.05) is 148 Å². The van der Waals surface area contributed by atoms with E-state index in [-0.39, 0.29) is 0 Å². The number of unbranched alkanes of at least 4 members (excludes halogenated alkanes) is 18. The van der Waals surface area contributed by atoms with Gasteiger partial charge in [0.05, 0.1) is 6.61 Å². The van der Waals surface area contributed by atoms with Crippen molar-refractivity contribution in [2.75, 3.05) is 6.61 Å². The van der Waals surface area contributed by atoms with Gasteiger partial charge < -0.3 is 4.74 Å². The van der Waals surface area contributed by atoms with Gasteiger partial charge in [-0.2, -0.15) is 0 Å². The summed E-state index contributed by atoms with van der Waals surface area (Å²) in [6.07, 6.45) is 29.1. The second-order valence-corrected chi connectivity index (χ2v) is 9.57. The van der Waals surface area contributed by atoms with Crippen molar-refractivity contribution in [3.8, 4) is 5.75 Å². The molecule has 180 valence electrons. The van der Waals surface area contributed by atoms with Crippen LogP contribution < -0.4 is 4.74 Å². The van der Waals surface area contributed by atoms with Crippen LogP contribution in [0.1, 0.15) is 148 Å². The lowest BCUT2D eigenvalue weighted by Gasteiger charge is -2.11. The van der Waals surface area contributed by atoms with Crippen molar-refractivity contribution >= 4 is 0 Å². The zero-order valence-electron chi connectivity index (χ0n) is 21.3. The molecule has 0 aliphatic heterocycles. The Morgan fingerprint density at radius 3 is 1.42 bits per heavy atom. The molecule has 0 aliphatic rings. The number of benzene rings is 1. The van der Waals surface area contributed by atoms with Crippen LogP contribution in [-0.4, -0.2) is 6.61 Å². The van der Waals surface area contributed by atoms with E-state index in [1.807, 2.05) is 0 Å². The van der Waals surface area contributed by atoms with Crippen LogP contribution in [0.25, 0.3) is 0 Å². The molecule has 1 heteroatoms. The lowest BCUT2D eigenvalue weighted by atomic mass is 10.0. The largest absolute Gasteiger partial charge is 0.493 e. The summed E-state index contributed by atoms with van der Waals surface area (Å²) in [4.78, 5) is 0. The predicted octanol–water partition coefficient (Wildman–Crippen LogP) is 10.4. The van der Waals surface area contributed by atoms with Crippen LogP contribution in [0, 0.1) is 0 Å². The minimum Gasteiger partial charge on any atom is -0.493 e. The molecule has 0 spiro atoms. The lowest BCUT2D eigenvalue weighted by molar-refractivity contribution is 0.301. The second kappa shape index (κ2) is 22.2. The first-order valence-corrected chi connectivity index (χ1v) is 14.1. The summed E-state index contributed by atoms with van der Waals surface area (Å²) < 4.78 is 6.11. The summed E-state index contributed by atoms with van der Waals surface area (Å²) in [5.74, 6) is 1.12. The number of rotatable bonds is 23. The van der Waals surface area contributed by atoms with Gasteiger partial charge >= 0.3 is 0 Å². The van der Waals surface area contributed by atoms with E-state index in [0.29, 0.717) is 0 Å². The molecule has 1 aromatic carbocycles. The van der Waals surface area contributed by atoms with Gasteiger partial charge in [0.15, 0.2) is 0 Å². The average Bonchev–Trinajstić information content (AvgIpc) is 2.79. The standard InChI is InChI=1S/C30H54O/c1-3-5-7-9-10-11-12-13-14-15-16-17-18-19-20-24-28-31-30-27-23-22-26-29(30)25-21-8-6-4-2/h22-23,26-27H,3-21,24-25,28H2,1-2H3. The first-order chi connectivity index (χ1) is 15.4. The fourth-order valence-electron chi connectivity index (χ4n) is 4.43. The van der Waals surface area contributed by atoms with Crippen LogP contribution in [0.15, 0.2) is 24.3 Å². The molecule has 0 amide bonds. The van der Waals surface area contributed by atoms with Crippen molar-refractivity contribution in [1.82, 2.24) is 0 Å². The van der Waals surface area contributed by atoms with E-state index in [1.54, 1.807) is 0 Å². The first kappa shape index (κ1) is 28.1. The van der Waals surface area contributed by atoms with Crippen LogP contribution in [0.3, 0.4) is 0 Å². The molecule has 0 atom stereocenters. The van der Waals surface area contributed by atoms with E-state index in [1.165, 1.54) is 134 Å². The van der Waals surface area contributed by atoms with Crippen LogP contribution in [-0.2, 0) is 6.42 Å². The van der Waals surface area contributed by atoms with Crippen LogP contribution in [0.2, 0.25) is 0 Å². The van der Waals surface area contributed by atoms with E-state index in [9.17, 15) is 0 Å². The zero-order chi connectivity index (χ0) is 22.2. The van der Waals surface area contributed by atoms with E-state index >= 15 is 0 Å². The van der Waals surface area contributed by atoms with Gasteiger partial charge in [0.1, 0.15) is 5.75 Å². The summed E-state index contributed by atoms with van der Waals surface area (Å²) in [6.45, 7) is 5.45. The Kier molecular flexibility index (Phi) is 20.1. The average molecular weight is 431 g/mol. The summed E-state index contributed by atoms with van der Waals surface area (Å²) in [5, 5.41) is 0. The summed E-state index contributed by atoms with van der Waals surface area (Å²) in [5.41, 5.74) is 1.40. The Morgan fingerprint density at radius 2 is 0.903 bits per heavy atom. The molecule has 0 fully saturated rings. The van der Waals surface area contributed by atoms with Gasteiger partial charge in [-0.3, -0.25) is 0 Å². The second-order valence-electron chi connectivity index (χ2n) is 9.57. The molecule has 0 unspecified atom stereocenters. The predicted molar refractivity (Wildman–Crippen MR) is 139 cm³/mol. The van der Waals surface area contributed by atoms with Gasteiger partial charge in [-0.05, 0) is 30.9 Å². The fraction of sp³-hybridized carbons (Fsp3) is 0.800. The maximum absolute atomic E-state index is 6.11. The van der Waals surface area contributed by atoms with Crippen LogP contribution >= 0.6 is 0 Å². The van der Waals surface area contributed by atoms with Crippen molar-refractivity contribution in [2.45, 2.75) is 149 Å². The summed E-state index contributed by atoms with van der Waals surface area (Å²) in [7, 11) is 0. The van der Waals surface area contributed by atoms with Crippen LogP contribution in [0.4, 0.5) is 0 Å². The van der Waals surface area contributed by atoms with Crippen LogP contribution in [0.5, 0.6) is 5.75 Å². The topological polar surface area (TPSA) is 9.23 Å². The normalized spacial score (nSPS) is 11.2. The van der Waals surface area contributed by atoms with Gasteiger partial charge in [-0.25, -0.2) is 0 Å². The van der Waals surface area contributed by atoms with Gasteiger partial charge in [0.25, 0.3) is 0 Å². The van der Waals surface area contributed by atoms with Crippen molar-refractivity contribution in [3.05, 3.63) is 29.8 Å². The molecule has 31 heavy (non-hydrogen) atoms. The number of para-hydroxylation sites is 1. The molecule has 0 radical (unpaired) electrons. The van der Waals surface area contributed by atoms with Gasteiger partial charge in [0, 0.05) is 0 Å². The SMILES string of the molecule is CCCCCCCCCCCCCCCCCCOc1ccccc1CCCCCC. The fourth-order valence-corrected chi connectivity index (χ4v) is 4.43. The summed E-state index contributed by atoms with van der Waals surface area (Å²) in [6, 6.07) is 8.66. The maximum atomic E-state index is 6.11. The van der Waals surface area contributed by atoms with Gasteiger partial charge in [0.2, 0.25) is 0 Å². The summed E-state index contributed by atoms with van der Waals surface area (Å²) >= 11 is 0. The molecule has 0 aromatic heterocycles. The highest BCUT2D eigenvalue weighted by atomic mass is 16.5. The Hall–Kier alpha value is -0.980. The maximum Gasteiger partial charge on any atom is 0.122 e. The Labute approximate surface area is 195 Å². The third-order valence-corrected chi connectivity index (χ3v) is 6.53. The number of ether oxygens (including phenoxy) is 1. The smallest absolute Gasteiger partial charge is 0.122 e. The quantitative estimate of drug-likeness (QED) is 0.157. The molecule has 0 aliphatic carbocycles. The highest BCUT2D eigenvalue weighted by Crippen LogP contribution is 2.21. The van der Waals surface area contributed by atoms with E-state index in [0.717, 1.165) is 18.8 Å². The molecular weight excluding hydrogens is 376 g/mol. The number of hydrogen-bond donors (Lipinski definition) is 0. The van der Waals surface area contributed by atoms with Gasteiger partial charge in [-0.15, -0.1) is 0 Å². The third-order valence-electron chi connectivity index (χ3n) is 6.53. The van der Waals surface area contributed by atoms with E-state index < -0.39 is 0 Å². The first-order valence-electron chi connectivity index (χ1n) is 14.1. The van der Waals surface area contributed by atoms with Crippen molar-refractivity contribution < 1.29 is 4.74 Å². The zero-order valence-corrected chi connectivity index (χ0v) is 21.3. The Bertz CT molecular complexity index is 481. The molecule has 1 nitrogen and oxygen atoms in total. The van der Waals surface area contributed by atoms with E-state index in [4.69, 9.17) is 4.74 Å². The highest BCUT2D eigenvalue weighted by molar-refractivity contribution is 5.33. The van der Waals surface area contributed by atoms with Crippen molar-refractivity contribution in [1.29, 1.82) is 0 Å². The van der Waals surface area contributed by atoms with Crippen molar-refractivity contribution in [2.24, 2.45) is 0 Å². The lowest BCUT2D eigenvalue weighted by Crippen LogP contribution is -2.00. The molecule has 0 N–H and O–H groups in total. The Morgan fingerprint density at radius 1 is 0.484 bits per heavy atom.